The molecule has 0 bridgehead atoms. The maximum absolute atomic E-state index is 10.9. The molecule has 2 rings (SSSR count). The van der Waals surface area contributed by atoms with Gasteiger partial charge in [-0.2, -0.15) is 5.10 Å². The number of benzene rings is 1. The number of carbonyl (C=O) groups is 2. The number of aromatic nitrogens is 2. The first-order chi connectivity index (χ1) is 11.4. The normalized spacial score (nSPS) is 10.6. The van der Waals surface area contributed by atoms with Gasteiger partial charge in [-0.15, -0.1) is 0 Å². The summed E-state index contributed by atoms with van der Waals surface area (Å²) < 4.78 is 29.6. The van der Waals surface area contributed by atoms with Gasteiger partial charge in [0.2, 0.25) is 0 Å². The van der Waals surface area contributed by atoms with Crippen molar-refractivity contribution >= 4 is 36.1 Å². The maximum Gasteiger partial charge on any atom is 0.354 e. The fourth-order valence-electron chi connectivity index (χ4n) is 1.86. The van der Waals surface area contributed by atoms with E-state index in [-0.39, 0.29) is 17.3 Å². The fraction of sp³-hybridized carbons (Fsp3) is 0.214. The SMILES string of the molecule is CC(=O)Nc1ccc([As](=O)(O)O)c(O)c1.Cc1cc(C(=O)O)n(C)n1. The van der Waals surface area contributed by atoms with Crippen LogP contribution < -0.4 is 9.67 Å². The van der Waals surface area contributed by atoms with Gasteiger partial charge in [0.15, 0.2) is 0 Å². The summed E-state index contributed by atoms with van der Waals surface area (Å²) in [5, 5.41) is 24.1. The number of carboxylic acid groups (broad SMARTS) is 1. The zero-order chi connectivity index (χ0) is 19.4. The van der Waals surface area contributed by atoms with Crippen LogP contribution in [0.1, 0.15) is 23.1 Å². The van der Waals surface area contributed by atoms with Crippen LogP contribution in [0.25, 0.3) is 0 Å². The number of carbonyl (C=O) groups excluding carboxylic acids is 1. The van der Waals surface area contributed by atoms with E-state index in [4.69, 9.17) is 13.3 Å². The molecule has 2 aromatic rings. The second kappa shape index (κ2) is 8.02. The molecule has 1 aromatic heterocycles. The Balaban J connectivity index is 0.000000271. The van der Waals surface area contributed by atoms with Gasteiger partial charge in [-0.05, 0) is 13.0 Å². The molecular weight excluding hydrogens is 397 g/mol. The number of rotatable bonds is 3. The van der Waals surface area contributed by atoms with Gasteiger partial charge in [-0.1, -0.05) is 0 Å². The third kappa shape index (κ3) is 6.11. The van der Waals surface area contributed by atoms with Crippen LogP contribution in [0.3, 0.4) is 0 Å². The molecule has 5 N–H and O–H groups in total. The van der Waals surface area contributed by atoms with Crippen molar-refractivity contribution in [1.29, 1.82) is 0 Å². The zero-order valence-electron chi connectivity index (χ0n) is 13.7. The molecule has 1 heterocycles. The number of aryl methyl sites for hydroxylation is 2. The predicted octanol–water partition coefficient (Wildman–Crippen LogP) is -0.662. The Morgan fingerprint density at radius 3 is 2.16 bits per heavy atom. The summed E-state index contributed by atoms with van der Waals surface area (Å²) in [5.41, 5.74) is 1.23. The minimum absolute atomic E-state index is 0.220. The van der Waals surface area contributed by atoms with E-state index in [0.29, 0.717) is 0 Å². The van der Waals surface area contributed by atoms with Crippen LogP contribution in [-0.2, 0) is 15.6 Å². The minimum atomic E-state index is -5.09. The van der Waals surface area contributed by atoms with E-state index in [0.717, 1.165) is 17.8 Å². The molecule has 10 nitrogen and oxygen atoms in total. The van der Waals surface area contributed by atoms with Crippen molar-refractivity contribution in [2.24, 2.45) is 7.05 Å². The number of phenols is 1. The molecule has 0 atom stereocenters. The molecule has 0 spiro atoms. The second-order valence-electron chi connectivity index (χ2n) is 5.03. The van der Waals surface area contributed by atoms with Crippen molar-refractivity contribution < 1.29 is 31.7 Å². The monoisotopic (exact) mass is 415 g/mol. The molecule has 0 aliphatic carbocycles. The van der Waals surface area contributed by atoms with Crippen molar-refractivity contribution in [3.63, 3.8) is 0 Å². The average molecular weight is 415 g/mol. The van der Waals surface area contributed by atoms with Gasteiger partial charge in [0.1, 0.15) is 5.69 Å². The van der Waals surface area contributed by atoms with Crippen LogP contribution in [0, 0.1) is 6.92 Å². The molecular formula is C14H18AsN3O7. The topological polar surface area (TPSA) is 162 Å². The number of phenolic OH excluding ortho intramolecular Hbond substituents is 1. The summed E-state index contributed by atoms with van der Waals surface area (Å²) in [7, 11) is 1.61. The van der Waals surface area contributed by atoms with Gasteiger partial charge >= 0.3 is 94.1 Å². The largest absolute Gasteiger partial charge is 0.477 e. The van der Waals surface area contributed by atoms with Crippen LogP contribution in [0.5, 0.6) is 5.75 Å². The standard InChI is InChI=1S/C8H10AsNO5.C6H8N2O2/c1-5(11)10-6-2-3-7(8(12)4-6)9(13,14)15;1-4-3-5(6(9)10)8(2)7-4/h2-4,12H,1H3,(H,10,11)(H2,13,14,15);3H,1-2H3,(H,9,10). The Hall–Kier alpha value is -2.55. The van der Waals surface area contributed by atoms with E-state index < -0.39 is 30.2 Å². The third-order valence-electron chi connectivity index (χ3n) is 2.83. The molecule has 11 heteroatoms. The number of aromatic carboxylic acids is 1. The Labute approximate surface area is 145 Å². The summed E-state index contributed by atoms with van der Waals surface area (Å²) in [5.74, 6) is -1.79. The number of hydrogen-bond donors (Lipinski definition) is 5. The van der Waals surface area contributed by atoms with Crippen molar-refractivity contribution in [3.8, 4) is 5.75 Å². The summed E-state index contributed by atoms with van der Waals surface area (Å²) in [6.07, 6.45) is 0. The molecule has 25 heavy (non-hydrogen) atoms. The molecule has 0 saturated carbocycles. The Kier molecular flexibility index (Phi) is 6.57. The van der Waals surface area contributed by atoms with Crippen LogP contribution in [0.15, 0.2) is 24.3 Å². The molecule has 0 aliphatic heterocycles. The maximum atomic E-state index is 10.9. The van der Waals surface area contributed by atoms with Crippen LogP contribution in [-0.4, -0.2) is 54.2 Å². The predicted molar refractivity (Wildman–Crippen MR) is 87.8 cm³/mol. The molecule has 1 amide bonds. The number of nitrogens with zero attached hydrogens (tertiary/aromatic N) is 2. The van der Waals surface area contributed by atoms with Crippen molar-refractivity contribution in [3.05, 3.63) is 35.7 Å². The van der Waals surface area contributed by atoms with Crippen molar-refractivity contribution in [1.82, 2.24) is 9.78 Å². The first-order valence-corrected chi connectivity index (χ1v) is 10.2. The summed E-state index contributed by atoms with van der Waals surface area (Å²) in [4.78, 5) is 21.0. The Morgan fingerprint density at radius 1 is 1.24 bits per heavy atom. The van der Waals surface area contributed by atoms with Crippen LogP contribution >= 0.6 is 0 Å². The molecule has 0 saturated heterocycles. The van der Waals surface area contributed by atoms with Gasteiger partial charge < -0.3 is 5.11 Å². The number of hydrogen-bond acceptors (Lipinski definition) is 5. The van der Waals surface area contributed by atoms with Crippen LogP contribution in [0.4, 0.5) is 5.69 Å². The molecule has 1 aromatic carbocycles. The number of amides is 1. The van der Waals surface area contributed by atoms with Crippen LogP contribution in [0.2, 0.25) is 0 Å². The molecule has 0 unspecified atom stereocenters. The minimum Gasteiger partial charge on any atom is -0.477 e. The van der Waals surface area contributed by atoms with E-state index in [1.54, 1.807) is 14.0 Å². The molecule has 0 fully saturated rings. The molecule has 0 radical (unpaired) electrons. The third-order valence-corrected chi connectivity index (χ3v) is 4.94. The number of anilines is 1. The van der Waals surface area contributed by atoms with Gasteiger partial charge in [0.05, 0.1) is 5.69 Å². The van der Waals surface area contributed by atoms with Gasteiger partial charge in [0.25, 0.3) is 0 Å². The summed E-state index contributed by atoms with van der Waals surface area (Å²) >= 11 is -5.09. The smallest absolute Gasteiger partial charge is 0.354 e. The van der Waals surface area contributed by atoms with E-state index >= 15 is 0 Å². The van der Waals surface area contributed by atoms with Gasteiger partial charge in [0, 0.05) is 7.05 Å². The summed E-state index contributed by atoms with van der Waals surface area (Å²) in [6, 6.07) is 5.04. The number of aromatic hydroxyl groups is 1. The average Bonchev–Trinajstić information content (AvgIpc) is 2.76. The first kappa shape index (κ1) is 20.5. The molecule has 0 aliphatic rings. The van der Waals surface area contributed by atoms with Crippen molar-refractivity contribution in [2.45, 2.75) is 13.8 Å². The van der Waals surface area contributed by atoms with E-state index in [2.05, 4.69) is 10.4 Å². The second-order valence-corrected chi connectivity index (χ2v) is 8.32. The van der Waals surface area contributed by atoms with Crippen molar-refractivity contribution in [2.75, 3.05) is 5.32 Å². The Morgan fingerprint density at radius 2 is 1.84 bits per heavy atom. The fourth-order valence-corrected chi connectivity index (χ4v) is 3.19. The van der Waals surface area contributed by atoms with Gasteiger partial charge in [-0.3, -0.25) is 4.68 Å². The zero-order valence-corrected chi connectivity index (χ0v) is 15.5. The molecule has 136 valence electrons. The number of carboxylic acids is 1. The first-order valence-electron chi connectivity index (χ1n) is 6.82. The van der Waals surface area contributed by atoms with E-state index in [1.807, 2.05) is 0 Å². The van der Waals surface area contributed by atoms with Gasteiger partial charge in [-0.25, -0.2) is 4.79 Å². The van der Waals surface area contributed by atoms with E-state index in [1.165, 1.54) is 23.7 Å². The Bertz CT molecular complexity index is 841. The van der Waals surface area contributed by atoms with E-state index in [9.17, 15) is 18.4 Å². The number of nitrogens with one attached hydrogen (secondary N) is 1. The quantitative estimate of drug-likeness (QED) is 0.413. The summed E-state index contributed by atoms with van der Waals surface area (Å²) in [6.45, 7) is 3.05.